The first-order valence-corrected chi connectivity index (χ1v) is 7.40. The van der Waals surface area contributed by atoms with E-state index in [1.54, 1.807) is 11.8 Å². The summed E-state index contributed by atoms with van der Waals surface area (Å²) in [6.07, 6.45) is 0.934. The highest BCUT2D eigenvalue weighted by molar-refractivity contribution is 7.98. The fraction of sp³-hybridized carbons (Fsp3) is 0.429. The molecule has 0 saturated carbocycles. The standard InChI is InChI=1S/C14H19N3OS/c1-4-12(15-3)14-16-13(17-18-14)9-19-11-7-5-10(2)6-8-11/h5-8,12,15H,4,9H2,1-3H3. The number of hydrogen-bond donors (Lipinski definition) is 1. The van der Waals surface area contributed by atoms with Gasteiger partial charge in [0.25, 0.3) is 0 Å². The lowest BCUT2D eigenvalue weighted by Crippen LogP contribution is -2.15. The molecule has 0 saturated heterocycles. The van der Waals surface area contributed by atoms with Crippen molar-refractivity contribution in [3.63, 3.8) is 0 Å². The third-order valence-electron chi connectivity index (χ3n) is 2.93. The number of hydrogen-bond acceptors (Lipinski definition) is 5. The second kappa shape index (κ2) is 6.73. The average molecular weight is 277 g/mol. The predicted molar refractivity (Wildman–Crippen MR) is 77.1 cm³/mol. The zero-order valence-corrected chi connectivity index (χ0v) is 12.3. The fourth-order valence-electron chi connectivity index (χ4n) is 1.75. The van der Waals surface area contributed by atoms with Crippen molar-refractivity contribution in [3.8, 4) is 0 Å². The van der Waals surface area contributed by atoms with Gasteiger partial charge in [-0.2, -0.15) is 4.98 Å². The van der Waals surface area contributed by atoms with Crippen LogP contribution in [0.2, 0.25) is 0 Å². The van der Waals surface area contributed by atoms with Crippen molar-refractivity contribution < 1.29 is 4.52 Å². The summed E-state index contributed by atoms with van der Waals surface area (Å²) >= 11 is 1.72. The Hall–Kier alpha value is -1.33. The summed E-state index contributed by atoms with van der Waals surface area (Å²) in [6, 6.07) is 8.59. The maximum atomic E-state index is 5.28. The molecule has 102 valence electrons. The van der Waals surface area contributed by atoms with E-state index in [0.717, 1.165) is 18.0 Å². The van der Waals surface area contributed by atoms with Gasteiger partial charge in [-0.1, -0.05) is 29.8 Å². The maximum Gasteiger partial charge on any atom is 0.243 e. The number of nitrogens with zero attached hydrogens (tertiary/aromatic N) is 2. The number of nitrogens with one attached hydrogen (secondary N) is 1. The van der Waals surface area contributed by atoms with Gasteiger partial charge in [0.05, 0.1) is 11.8 Å². The van der Waals surface area contributed by atoms with Crippen molar-refractivity contribution in [2.24, 2.45) is 0 Å². The van der Waals surface area contributed by atoms with Crippen LogP contribution >= 0.6 is 11.8 Å². The number of thioether (sulfide) groups is 1. The summed E-state index contributed by atoms with van der Waals surface area (Å²) in [5, 5.41) is 7.18. The maximum absolute atomic E-state index is 5.28. The van der Waals surface area contributed by atoms with Gasteiger partial charge in [-0.25, -0.2) is 0 Å². The Labute approximate surface area is 118 Å². The molecule has 1 atom stereocenters. The van der Waals surface area contributed by atoms with E-state index >= 15 is 0 Å². The van der Waals surface area contributed by atoms with Crippen LogP contribution in [-0.2, 0) is 5.75 Å². The monoisotopic (exact) mass is 277 g/mol. The molecule has 2 rings (SSSR count). The van der Waals surface area contributed by atoms with Crippen molar-refractivity contribution in [1.82, 2.24) is 15.5 Å². The van der Waals surface area contributed by atoms with E-state index in [9.17, 15) is 0 Å². The Morgan fingerprint density at radius 2 is 2.05 bits per heavy atom. The fourth-order valence-corrected chi connectivity index (χ4v) is 2.49. The third kappa shape index (κ3) is 3.81. The van der Waals surface area contributed by atoms with E-state index < -0.39 is 0 Å². The summed E-state index contributed by atoms with van der Waals surface area (Å²) < 4.78 is 5.28. The van der Waals surface area contributed by atoms with Crippen LogP contribution in [-0.4, -0.2) is 17.2 Å². The molecular weight excluding hydrogens is 258 g/mol. The number of aromatic nitrogens is 2. The SMILES string of the molecule is CCC(NC)c1nc(CSc2ccc(C)cc2)no1. The van der Waals surface area contributed by atoms with Crippen LogP contribution in [0.15, 0.2) is 33.7 Å². The normalized spacial score (nSPS) is 12.6. The van der Waals surface area contributed by atoms with Gasteiger partial charge in [-0.05, 0) is 32.5 Å². The molecule has 1 aromatic heterocycles. The molecule has 0 bridgehead atoms. The predicted octanol–water partition coefficient (Wildman–Crippen LogP) is 3.34. The van der Waals surface area contributed by atoms with Gasteiger partial charge >= 0.3 is 0 Å². The van der Waals surface area contributed by atoms with Crippen LogP contribution in [0.4, 0.5) is 0 Å². The second-order valence-electron chi connectivity index (χ2n) is 4.40. The first-order valence-electron chi connectivity index (χ1n) is 6.42. The Morgan fingerprint density at radius 1 is 1.32 bits per heavy atom. The molecule has 19 heavy (non-hydrogen) atoms. The molecular formula is C14H19N3OS. The van der Waals surface area contributed by atoms with Gasteiger partial charge in [0, 0.05) is 4.90 Å². The Bertz CT molecular complexity index is 506. The molecule has 1 heterocycles. The lowest BCUT2D eigenvalue weighted by molar-refractivity contribution is 0.332. The molecule has 5 heteroatoms. The topological polar surface area (TPSA) is 51.0 Å². The average Bonchev–Trinajstić information content (AvgIpc) is 2.88. The van der Waals surface area contributed by atoms with Crippen molar-refractivity contribution in [1.29, 1.82) is 0 Å². The summed E-state index contributed by atoms with van der Waals surface area (Å²) in [4.78, 5) is 5.64. The smallest absolute Gasteiger partial charge is 0.243 e. The first kappa shape index (κ1) is 14.1. The van der Waals surface area contributed by atoms with Crippen molar-refractivity contribution >= 4 is 11.8 Å². The molecule has 0 aliphatic rings. The van der Waals surface area contributed by atoms with Crippen molar-refractivity contribution in [3.05, 3.63) is 41.5 Å². The molecule has 1 N–H and O–H groups in total. The second-order valence-corrected chi connectivity index (χ2v) is 5.45. The highest BCUT2D eigenvalue weighted by atomic mass is 32.2. The van der Waals surface area contributed by atoms with Crippen LogP contribution < -0.4 is 5.32 Å². The summed E-state index contributed by atoms with van der Waals surface area (Å²) in [5.74, 6) is 2.14. The van der Waals surface area contributed by atoms with Crippen LogP contribution in [0.5, 0.6) is 0 Å². The lowest BCUT2D eigenvalue weighted by Gasteiger charge is -2.06. The molecule has 0 radical (unpaired) electrons. The first-order chi connectivity index (χ1) is 9.22. The minimum atomic E-state index is 0.144. The number of benzene rings is 1. The minimum absolute atomic E-state index is 0.144. The molecule has 0 spiro atoms. The van der Waals surface area contributed by atoms with Gasteiger partial charge in [0.15, 0.2) is 5.82 Å². The Balaban J connectivity index is 1.95. The zero-order chi connectivity index (χ0) is 13.7. The zero-order valence-electron chi connectivity index (χ0n) is 11.5. The van der Waals surface area contributed by atoms with Crippen LogP contribution in [0.1, 0.15) is 36.7 Å². The van der Waals surface area contributed by atoms with Crippen LogP contribution in [0.3, 0.4) is 0 Å². The highest BCUT2D eigenvalue weighted by Crippen LogP contribution is 2.22. The molecule has 0 aliphatic carbocycles. The van der Waals surface area contributed by atoms with E-state index in [1.807, 2.05) is 7.05 Å². The Kier molecular flexibility index (Phi) is 4.99. The summed E-state index contributed by atoms with van der Waals surface area (Å²) in [6.45, 7) is 4.18. The molecule has 4 nitrogen and oxygen atoms in total. The van der Waals surface area contributed by atoms with Gasteiger partial charge in [-0.3, -0.25) is 0 Å². The largest absolute Gasteiger partial charge is 0.338 e. The van der Waals surface area contributed by atoms with Crippen molar-refractivity contribution in [2.45, 2.75) is 37.0 Å². The van der Waals surface area contributed by atoms with E-state index in [0.29, 0.717) is 5.89 Å². The minimum Gasteiger partial charge on any atom is -0.338 e. The Morgan fingerprint density at radius 3 is 2.68 bits per heavy atom. The van der Waals surface area contributed by atoms with Gasteiger partial charge in [0.2, 0.25) is 5.89 Å². The summed E-state index contributed by atoms with van der Waals surface area (Å²) in [7, 11) is 1.90. The van der Waals surface area contributed by atoms with E-state index in [1.165, 1.54) is 10.5 Å². The molecule has 0 fully saturated rings. The number of rotatable bonds is 6. The lowest BCUT2D eigenvalue weighted by atomic mass is 10.2. The molecule has 2 aromatic rings. The van der Waals surface area contributed by atoms with E-state index in [2.05, 4.69) is 53.6 Å². The van der Waals surface area contributed by atoms with Gasteiger partial charge < -0.3 is 9.84 Å². The molecule has 1 aromatic carbocycles. The van der Waals surface area contributed by atoms with Crippen LogP contribution in [0.25, 0.3) is 0 Å². The van der Waals surface area contributed by atoms with E-state index in [4.69, 9.17) is 4.52 Å². The number of aryl methyl sites for hydroxylation is 1. The van der Waals surface area contributed by atoms with Gasteiger partial charge in [0.1, 0.15) is 0 Å². The summed E-state index contributed by atoms with van der Waals surface area (Å²) in [5.41, 5.74) is 1.27. The molecule has 0 aliphatic heterocycles. The van der Waals surface area contributed by atoms with Gasteiger partial charge in [-0.15, -0.1) is 11.8 Å². The highest BCUT2D eigenvalue weighted by Gasteiger charge is 2.15. The molecule has 1 unspecified atom stereocenters. The van der Waals surface area contributed by atoms with Crippen molar-refractivity contribution in [2.75, 3.05) is 7.05 Å². The van der Waals surface area contributed by atoms with Crippen LogP contribution in [0, 0.1) is 6.92 Å². The molecule has 0 amide bonds. The quantitative estimate of drug-likeness (QED) is 0.821. The third-order valence-corrected chi connectivity index (χ3v) is 3.94. The van der Waals surface area contributed by atoms with E-state index in [-0.39, 0.29) is 6.04 Å².